The average Bonchev–Trinajstić information content (AvgIpc) is 2.83. The van der Waals surface area contributed by atoms with E-state index in [2.05, 4.69) is 87.0 Å². The molecular weight excluding hydrogens is 406 g/mol. The molecule has 176 valence electrons. The van der Waals surface area contributed by atoms with Crippen LogP contribution in [0.5, 0.6) is 0 Å². The van der Waals surface area contributed by atoms with Gasteiger partial charge in [0, 0.05) is 36.7 Å². The van der Waals surface area contributed by atoms with Crippen LogP contribution in [0, 0.1) is 5.92 Å². The largest absolute Gasteiger partial charge is 0.382 e. The molecule has 1 aromatic rings. The molecule has 1 fully saturated rings. The Bertz CT molecular complexity index is 997. The minimum Gasteiger partial charge on any atom is -0.382 e. The maximum absolute atomic E-state index is 6.24. The van der Waals surface area contributed by atoms with Crippen molar-refractivity contribution >= 4 is 17.2 Å². The van der Waals surface area contributed by atoms with Gasteiger partial charge in [-0.05, 0) is 81.0 Å². The van der Waals surface area contributed by atoms with E-state index in [4.69, 9.17) is 10.7 Å². The zero-order chi connectivity index (χ0) is 24.0. The van der Waals surface area contributed by atoms with Gasteiger partial charge in [-0.2, -0.15) is 0 Å². The number of aliphatic imine (C=N–C) groups is 2. The average molecular weight is 446 g/mol. The van der Waals surface area contributed by atoms with Crippen molar-refractivity contribution in [3.8, 4) is 0 Å². The maximum atomic E-state index is 6.24. The monoisotopic (exact) mass is 445 g/mol. The highest BCUT2D eigenvalue weighted by atomic mass is 15.1. The zero-order valence-corrected chi connectivity index (χ0v) is 20.9. The van der Waals surface area contributed by atoms with Crippen LogP contribution in [0.3, 0.4) is 0 Å². The molecule has 0 saturated carbocycles. The van der Waals surface area contributed by atoms with E-state index in [9.17, 15) is 0 Å². The first-order valence-electron chi connectivity index (χ1n) is 12.0. The molecule has 0 radical (unpaired) electrons. The van der Waals surface area contributed by atoms with Gasteiger partial charge < -0.3 is 16.0 Å². The second kappa shape index (κ2) is 11.3. The number of hydrogen-bond acceptors (Lipinski definition) is 5. The molecule has 2 heterocycles. The second-order valence-electron chi connectivity index (χ2n) is 9.13. The molecule has 3 N–H and O–H groups in total. The molecule has 3 rings (SSSR count). The highest BCUT2D eigenvalue weighted by Crippen LogP contribution is 2.30. The van der Waals surface area contributed by atoms with E-state index < -0.39 is 0 Å². The number of hydrogen-bond donors (Lipinski definition) is 2. The Hall–Kier alpha value is -2.92. The standard InChI is InChI=1S/C28H39N5/c1-7-21(25-17-31-28(29)27(20(25)5)32-26(8-2)19(3)4)18-33(6)24-11-9-22(10-12-24)23-13-15-30-16-14-23/h7,9-12,17-18,20,23,30H,1,8,13-16H2,2-6H3,(H2,29,31)/b21-18+,32-27?. The van der Waals surface area contributed by atoms with Gasteiger partial charge in [0.05, 0.1) is 5.71 Å². The number of nitrogens with two attached hydrogens (primary N) is 1. The highest BCUT2D eigenvalue weighted by molar-refractivity contribution is 6.43. The number of benzene rings is 1. The van der Waals surface area contributed by atoms with Crippen LogP contribution in [0.15, 0.2) is 81.7 Å². The number of anilines is 1. The van der Waals surface area contributed by atoms with Gasteiger partial charge in [-0.1, -0.05) is 44.2 Å². The Morgan fingerprint density at radius 2 is 1.91 bits per heavy atom. The first-order chi connectivity index (χ1) is 15.8. The van der Waals surface area contributed by atoms with Crippen molar-refractivity contribution in [2.24, 2.45) is 21.6 Å². The van der Waals surface area contributed by atoms with E-state index in [1.54, 1.807) is 0 Å². The van der Waals surface area contributed by atoms with Crippen molar-refractivity contribution in [2.75, 3.05) is 25.0 Å². The quantitative estimate of drug-likeness (QED) is 0.530. The van der Waals surface area contributed by atoms with Crippen molar-refractivity contribution in [3.63, 3.8) is 0 Å². The molecule has 2 aliphatic heterocycles. The third-order valence-corrected chi connectivity index (χ3v) is 6.65. The van der Waals surface area contributed by atoms with Gasteiger partial charge in [-0.25, -0.2) is 4.99 Å². The van der Waals surface area contributed by atoms with Gasteiger partial charge in [-0.15, -0.1) is 0 Å². The van der Waals surface area contributed by atoms with Crippen LogP contribution in [0.2, 0.25) is 0 Å². The predicted molar refractivity (Wildman–Crippen MR) is 143 cm³/mol. The smallest absolute Gasteiger partial charge is 0.145 e. The first-order valence-corrected chi connectivity index (χ1v) is 12.0. The maximum Gasteiger partial charge on any atom is 0.145 e. The molecule has 1 aromatic carbocycles. The van der Waals surface area contributed by atoms with Gasteiger partial charge in [0.25, 0.3) is 0 Å². The van der Waals surface area contributed by atoms with Crippen molar-refractivity contribution in [1.82, 2.24) is 5.32 Å². The molecule has 33 heavy (non-hydrogen) atoms. The van der Waals surface area contributed by atoms with Crippen LogP contribution < -0.4 is 16.0 Å². The summed E-state index contributed by atoms with van der Waals surface area (Å²) in [7, 11) is 2.07. The van der Waals surface area contributed by atoms with Gasteiger partial charge in [0.15, 0.2) is 0 Å². The fourth-order valence-corrected chi connectivity index (χ4v) is 4.52. The van der Waals surface area contributed by atoms with Crippen LogP contribution in [0.1, 0.15) is 58.4 Å². The third-order valence-electron chi connectivity index (χ3n) is 6.65. The molecule has 1 atom stereocenters. The van der Waals surface area contributed by atoms with Gasteiger partial charge in [0.1, 0.15) is 5.84 Å². The van der Waals surface area contributed by atoms with Crippen LogP contribution in [0.25, 0.3) is 0 Å². The number of piperidine rings is 1. The molecule has 5 heteroatoms. The van der Waals surface area contributed by atoms with E-state index in [0.717, 1.165) is 47.8 Å². The van der Waals surface area contributed by atoms with E-state index in [1.807, 2.05) is 12.3 Å². The van der Waals surface area contributed by atoms with E-state index >= 15 is 0 Å². The fraction of sp³-hybridized carbons (Fsp3) is 0.429. The number of rotatable bonds is 7. The summed E-state index contributed by atoms with van der Waals surface area (Å²) < 4.78 is 0. The lowest BCUT2D eigenvalue weighted by Gasteiger charge is -2.25. The van der Waals surface area contributed by atoms with Crippen molar-refractivity contribution < 1.29 is 0 Å². The molecule has 2 aliphatic rings. The molecule has 0 spiro atoms. The second-order valence-corrected chi connectivity index (χ2v) is 9.13. The summed E-state index contributed by atoms with van der Waals surface area (Å²) >= 11 is 0. The molecule has 0 bridgehead atoms. The molecule has 5 nitrogen and oxygen atoms in total. The van der Waals surface area contributed by atoms with Crippen LogP contribution in [-0.4, -0.2) is 31.7 Å². The number of amidine groups is 1. The summed E-state index contributed by atoms with van der Waals surface area (Å²) in [6.07, 6.45) is 9.15. The molecule has 1 unspecified atom stereocenters. The van der Waals surface area contributed by atoms with E-state index in [0.29, 0.717) is 11.8 Å². The van der Waals surface area contributed by atoms with Gasteiger partial charge in [-0.3, -0.25) is 4.99 Å². The predicted octanol–water partition coefficient (Wildman–Crippen LogP) is 5.70. The SMILES string of the molecule is C=C/C(=C\N(C)c1ccc(C2CCNCC2)cc1)C1=CN=C(N)C(=NC(CC)=C(C)C)C1C. The van der Waals surface area contributed by atoms with E-state index in [-0.39, 0.29) is 5.92 Å². The Kier molecular flexibility index (Phi) is 8.45. The normalized spacial score (nSPS) is 20.8. The molecular formula is C28H39N5. The summed E-state index contributed by atoms with van der Waals surface area (Å²) in [5.41, 5.74) is 14.0. The first kappa shape index (κ1) is 24.7. The molecule has 0 amide bonds. The summed E-state index contributed by atoms with van der Waals surface area (Å²) in [4.78, 5) is 11.5. The Balaban J connectivity index is 1.84. The van der Waals surface area contributed by atoms with E-state index in [1.165, 1.54) is 24.0 Å². The topological polar surface area (TPSA) is 66.0 Å². The summed E-state index contributed by atoms with van der Waals surface area (Å²) in [5, 5.41) is 3.44. The zero-order valence-electron chi connectivity index (χ0n) is 20.9. The van der Waals surface area contributed by atoms with Crippen molar-refractivity contribution in [3.05, 3.63) is 77.3 Å². The number of nitrogens with zero attached hydrogens (tertiary/aromatic N) is 3. The van der Waals surface area contributed by atoms with Crippen molar-refractivity contribution in [1.29, 1.82) is 0 Å². The molecule has 0 aromatic heterocycles. The minimum atomic E-state index is 0.0309. The van der Waals surface area contributed by atoms with Crippen molar-refractivity contribution in [2.45, 2.75) is 52.9 Å². The lowest BCUT2D eigenvalue weighted by atomic mass is 9.88. The summed E-state index contributed by atoms with van der Waals surface area (Å²) in [6, 6.07) is 8.96. The lowest BCUT2D eigenvalue weighted by Crippen LogP contribution is -2.33. The number of nitrogens with one attached hydrogen (secondary N) is 1. The van der Waals surface area contributed by atoms with Gasteiger partial charge >= 0.3 is 0 Å². The Morgan fingerprint density at radius 3 is 2.48 bits per heavy atom. The highest BCUT2D eigenvalue weighted by Gasteiger charge is 2.25. The number of allylic oxidation sites excluding steroid dienone is 5. The summed E-state index contributed by atoms with van der Waals surface area (Å²) in [5.74, 6) is 1.18. The van der Waals surface area contributed by atoms with Gasteiger partial charge in [0.2, 0.25) is 0 Å². The molecule has 0 aliphatic carbocycles. The lowest BCUT2D eigenvalue weighted by molar-refractivity contribution is 0.460. The van der Waals surface area contributed by atoms with Crippen LogP contribution in [0.4, 0.5) is 5.69 Å². The Labute approximate surface area is 199 Å². The molecule has 1 saturated heterocycles. The minimum absolute atomic E-state index is 0.0309. The third kappa shape index (κ3) is 5.91. The summed E-state index contributed by atoms with van der Waals surface area (Å²) in [6.45, 7) is 14.7. The van der Waals surface area contributed by atoms with Crippen LogP contribution >= 0.6 is 0 Å². The fourth-order valence-electron chi connectivity index (χ4n) is 4.52. The Morgan fingerprint density at radius 1 is 1.24 bits per heavy atom. The van der Waals surface area contributed by atoms with Crippen LogP contribution in [-0.2, 0) is 0 Å².